The molecule has 0 amide bonds. The second-order valence-electron chi connectivity index (χ2n) is 2.84. The highest BCUT2D eigenvalue weighted by Crippen LogP contribution is 2.11. The maximum Gasteiger partial charge on any atom is 0.157 e. The summed E-state index contributed by atoms with van der Waals surface area (Å²) in [7, 11) is 1.90. The van der Waals surface area contributed by atoms with Gasteiger partial charge in [-0.25, -0.2) is 9.97 Å². The van der Waals surface area contributed by atoms with E-state index in [1.54, 1.807) is 12.5 Å². The molecule has 0 atom stereocenters. The van der Waals surface area contributed by atoms with Gasteiger partial charge in [-0.1, -0.05) is 0 Å². The van der Waals surface area contributed by atoms with Gasteiger partial charge >= 0.3 is 0 Å². The van der Waals surface area contributed by atoms with E-state index in [2.05, 4.69) is 15.0 Å². The Labute approximate surface area is 75.1 Å². The normalized spacial score (nSPS) is 10.6. The molecule has 5 nitrogen and oxygen atoms in total. The smallest absolute Gasteiger partial charge is 0.157 e. The Morgan fingerprint density at radius 2 is 2.38 bits per heavy atom. The average Bonchev–Trinajstić information content (AvgIpc) is 2.71. The van der Waals surface area contributed by atoms with Crippen molar-refractivity contribution < 1.29 is 5.11 Å². The monoisotopic (exact) mass is 178 g/mol. The first-order chi connectivity index (χ1) is 6.29. The van der Waals surface area contributed by atoms with Gasteiger partial charge in [0.15, 0.2) is 5.82 Å². The highest BCUT2D eigenvalue weighted by molar-refractivity contribution is 5.47. The van der Waals surface area contributed by atoms with Gasteiger partial charge in [0.25, 0.3) is 0 Å². The van der Waals surface area contributed by atoms with Crippen LogP contribution in [0.3, 0.4) is 0 Å². The van der Waals surface area contributed by atoms with Crippen molar-refractivity contribution in [3.8, 4) is 11.5 Å². The van der Waals surface area contributed by atoms with E-state index in [0.29, 0.717) is 11.5 Å². The van der Waals surface area contributed by atoms with Crippen LogP contribution < -0.4 is 0 Å². The number of aliphatic hydroxyl groups excluding tert-OH is 1. The molecule has 68 valence electrons. The number of nitrogens with zero attached hydrogens (tertiary/aromatic N) is 3. The zero-order chi connectivity index (χ0) is 9.26. The molecule has 0 radical (unpaired) electrons. The fraction of sp³-hybridized carbons (Fsp3) is 0.250. The van der Waals surface area contributed by atoms with Crippen LogP contribution in [0.2, 0.25) is 0 Å². The summed E-state index contributed by atoms with van der Waals surface area (Å²) in [6.45, 7) is -0.0279. The molecule has 0 fully saturated rings. The number of rotatable bonds is 2. The second-order valence-corrected chi connectivity index (χ2v) is 2.84. The number of aromatic nitrogens is 4. The minimum Gasteiger partial charge on any atom is -0.390 e. The average molecular weight is 178 g/mol. The molecule has 13 heavy (non-hydrogen) atoms. The summed E-state index contributed by atoms with van der Waals surface area (Å²) in [5.74, 6) is 0.685. The number of aromatic amines is 1. The van der Waals surface area contributed by atoms with Crippen LogP contribution in [0.1, 0.15) is 5.69 Å². The molecular formula is C8H10N4O. The lowest BCUT2D eigenvalue weighted by Crippen LogP contribution is -1.83. The lowest BCUT2D eigenvalue weighted by Gasteiger charge is -1.88. The Kier molecular flexibility index (Phi) is 1.86. The Balaban J connectivity index is 2.35. The Hall–Kier alpha value is -1.62. The van der Waals surface area contributed by atoms with Crippen molar-refractivity contribution in [2.75, 3.05) is 0 Å². The minimum absolute atomic E-state index is 0.0279. The predicted molar refractivity (Wildman–Crippen MR) is 46.7 cm³/mol. The van der Waals surface area contributed by atoms with Crippen LogP contribution in [0.4, 0.5) is 0 Å². The fourth-order valence-corrected chi connectivity index (χ4v) is 1.10. The van der Waals surface area contributed by atoms with Gasteiger partial charge in [0.1, 0.15) is 5.69 Å². The second kappa shape index (κ2) is 3.02. The lowest BCUT2D eigenvalue weighted by atomic mass is 10.4. The van der Waals surface area contributed by atoms with Crippen molar-refractivity contribution in [1.29, 1.82) is 0 Å². The third-order valence-corrected chi connectivity index (χ3v) is 1.75. The molecule has 0 saturated heterocycles. The number of nitrogens with one attached hydrogen (secondary N) is 1. The molecule has 2 heterocycles. The van der Waals surface area contributed by atoms with E-state index in [1.165, 1.54) is 0 Å². The first kappa shape index (κ1) is 8.00. The molecule has 0 aliphatic rings. The van der Waals surface area contributed by atoms with E-state index in [-0.39, 0.29) is 6.61 Å². The van der Waals surface area contributed by atoms with Gasteiger partial charge in [0.05, 0.1) is 24.8 Å². The van der Waals surface area contributed by atoms with Gasteiger partial charge in [0.2, 0.25) is 0 Å². The van der Waals surface area contributed by atoms with Crippen LogP contribution in [-0.4, -0.2) is 24.6 Å². The zero-order valence-electron chi connectivity index (χ0n) is 7.23. The number of hydrogen-bond acceptors (Lipinski definition) is 3. The van der Waals surface area contributed by atoms with E-state index in [9.17, 15) is 0 Å². The highest BCUT2D eigenvalue weighted by Gasteiger charge is 2.04. The van der Waals surface area contributed by atoms with Crippen molar-refractivity contribution in [2.24, 2.45) is 7.05 Å². The van der Waals surface area contributed by atoms with Gasteiger partial charge < -0.3 is 14.7 Å². The topological polar surface area (TPSA) is 66.7 Å². The van der Waals surface area contributed by atoms with E-state index >= 15 is 0 Å². The van der Waals surface area contributed by atoms with E-state index < -0.39 is 0 Å². The first-order valence-corrected chi connectivity index (χ1v) is 3.92. The van der Waals surface area contributed by atoms with Gasteiger partial charge in [-0.05, 0) is 0 Å². The zero-order valence-corrected chi connectivity index (χ0v) is 7.23. The Morgan fingerprint density at radius 3 is 2.92 bits per heavy atom. The summed E-state index contributed by atoms with van der Waals surface area (Å²) in [6.07, 6.45) is 5.17. The molecular weight excluding hydrogens is 168 g/mol. The molecule has 0 unspecified atom stereocenters. The summed E-state index contributed by atoms with van der Waals surface area (Å²) in [5.41, 5.74) is 1.47. The van der Waals surface area contributed by atoms with Crippen LogP contribution in [-0.2, 0) is 13.7 Å². The summed E-state index contributed by atoms with van der Waals surface area (Å²) < 4.78 is 1.84. The van der Waals surface area contributed by atoms with Crippen LogP contribution in [0.25, 0.3) is 11.5 Å². The van der Waals surface area contributed by atoms with Gasteiger partial charge in [-0.15, -0.1) is 0 Å². The molecule has 5 heteroatoms. The molecule has 0 aliphatic heterocycles. The van der Waals surface area contributed by atoms with Gasteiger partial charge in [-0.3, -0.25) is 0 Å². The number of imidazole rings is 2. The minimum atomic E-state index is -0.0279. The SMILES string of the molecule is Cn1cnc(-c2ncc(CO)[nH]2)c1. The van der Waals surface area contributed by atoms with Crippen LogP contribution in [0.15, 0.2) is 18.7 Å². The summed E-state index contributed by atoms with van der Waals surface area (Å²) in [4.78, 5) is 11.2. The summed E-state index contributed by atoms with van der Waals surface area (Å²) >= 11 is 0. The lowest BCUT2D eigenvalue weighted by molar-refractivity contribution is 0.277. The van der Waals surface area contributed by atoms with Crippen LogP contribution in [0, 0.1) is 0 Å². The van der Waals surface area contributed by atoms with Crippen molar-refractivity contribution in [3.05, 3.63) is 24.4 Å². The van der Waals surface area contributed by atoms with Gasteiger partial charge in [-0.2, -0.15) is 0 Å². The maximum atomic E-state index is 8.81. The quantitative estimate of drug-likeness (QED) is 0.695. The third-order valence-electron chi connectivity index (χ3n) is 1.75. The molecule has 0 bridgehead atoms. The summed E-state index contributed by atoms with van der Waals surface area (Å²) in [6, 6.07) is 0. The molecule has 0 saturated carbocycles. The number of aryl methyl sites for hydroxylation is 1. The van der Waals surface area contributed by atoms with Crippen molar-refractivity contribution in [2.45, 2.75) is 6.61 Å². The maximum absolute atomic E-state index is 8.81. The largest absolute Gasteiger partial charge is 0.390 e. The molecule has 2 rings (SSSR count). The van der Waals surface area contributed by atoms with E-state index in [4.69, 9.17) is 5.11 Å². The molecule has 2 aromatic heterocycles. The van der Waals surface area contributed by atoms with Gasteiger partial charge in [0, 0.05) is 13.2 Å². The van der Waals surface area contributed by atoms with Crippen molar-refractivity contribution in [3.63, 3.8) is 0 Å². The number of hydrogen-bond donors (Lipinski definition) is 2. The number of aliphatic hydroxyl groups is 1. The molecule has 0 aromatic carbocycles. The number of H-pyrrole nitrogens is 1. The summed E-state index contributed by atoms with van der Waals surface area (Å²) in [5, 5.41) is 8.81. The fourth-order valence-electron chi connectivity index (χ4n) is 1.10. The standard InChI is InChI=1S/C8H10N4O/c1-12-3-7(10-5-12)8-9-2-6(4-13)11-8/h2-3,5,13H,4H2,1H3,(H,9,11). The predicted octanol–water partition coefficient (Wildman–Crippen LogP) is 0.302. The molecule has 0 aliphatic carbocycles. The Bertz CT molecular complexity index is 404. The van der Waals surface area contributed by atoms with Crippen LogP contribution >= 0.6 is 0 Å². The third kappa shape index (κ3) is 1.46. The van der Waals surface area contributed by atoms with E-state index in [1.807, 2.05) is 17.8 Å². The first-order valence-electron chi connectivity index (χ1n) is 3.92. The molecule has 2 aromatic rings. The van der Waals surface area contributed by atoms with E-state index in [0.717, 1.165) is 5.69 Å². The van der Waals surface area contributed by atoms with Crippen molar-refractivity contribution in [1.82, 2.24) is 19.5 Å². The Morgan fingerprint density at radius 1 is 1.54 bits per heavy atom. The van der Waals surface area contributed by atoms with Crippen molar-refractivity contribution >= 4 is 0 Å². The molecule has 2 N–H and O–H groups in total. The highest BCUT2D eigenvalue weighted by atomic mass is 16.3. The molecule has 0 spiro atoms. The van der Waals surface area contributed by atoms with Crippen LogP contribution in [0.5, 0.6) is 0 Å².